The standard InChI is InChI=1S/C8H7FO2/c9-6-1-2-7(10)5-3-4-11-8(5)6/h1-2,10H,3-4H2. The van der Waals surface area contributed by atoms with Crippen molar-refractivity contribution in [3.05, 3.63) is 23.5 Å². The van der Waals surface area contributed by atoms with E-state index >= 15 is 0 Å². The molecule has 1 aromatic rings. The van der Waals surface area contributed by atoms with Gasteiger partial charge in [-0.2, -0.15) is 0 Å². The lowest BCUT2D eigenvalue weighted by Gasteiger charge is -2.00. The predicted molar refractivity (Wildman–Crippen MR) is 37.3 cm³/mol. The van der Waals surface area contributed by atoms with Crippen LogP contribution >= 0.6 is 0 Å². The summed E-state index contributed by atoms with van der Waals surface area (Å²) >= 11 is 0. The summed E-state index contributed by atoms with van der Waals surface area (Å²) < 4.78 is 17.8. The minimum Gasteiger partial charge on any atom is -0.508 e. The third kappa shape index (κ3) is 0.843. The summed E-state index contributed by atoms with van der Waals surface area (Å²) in [5.41, 5.74) is 0.588. The SMILES string of the molecule is Oc1ccc(F)c2c1CCO2. The average Bonchev–Trinajstić information content (AvgIpc) is 2.45. The highest BCUT2D eigenvalue weighted by atomic mass is 19.1. The summed E-state index contributed by atoms with van der Waals surface area (Å²) in [6.07, 6.45) is 0.596. The third-order valence-electron chi connectivity index (χ3n) is 1.79. The first-order chi connectivity index (χ1) is 5.29. The zero-order valence-electron chi connectivity index (χ0n) is 5.80. The van der Waals surface area contributed by atoms with Crippen LogP contribution in [-0.2, 0) is 6.42 Å². The van der Waals surface area contributed by atoms with E-state index < -0.39 is 5.82 Å². The Balaban J connectivity index is 2.64. The Bertz CT molecular complexity index is 267. The van der Waals surface area contributed by atoms with Gasteiger partial charge in [-0.25, -0.2) is 4.39 Å². The smallest absolute Gasteiger partial charge is 0.165 e. The lowest BCUT2D eigenvalue weighted by atomic mass is 10.1. The van der Waals surface area contributed by atoms with Crippen molar-refractivity contribution in [1.29, 1.82) is 0 Å². The molecular formula is C8H7FO2. The second kappa shape index (κ2) is 2.12. The predicted octanol–water partition coefficient (Wildman–Crippen LogP) is 1.47. The summed E-state index contributed by atoms with van der Waals surface area (Å²) in [5, 5.41) is 9.21. The maximum absolute atomic E-state index is 12.8. The van der Waals surface area contributed by atoms with Crippen molar-refractivity contribution in [2.45, 2.75) is 6.42 Å². The maximum atomic E-state index is 12.8. The molecule has 2 rings (SSSR count). The molecule has 0 saturated carbocycles. The van der Waals surface area contributed by atoms with Crippen molar-refractivity contribution in [2.24, 2.45) is 0 Å². The van der Waals surface area contributed by atoms with Crippen molar-refractivity contribution < 1.29 is 14.2 Å². The van der Waals surface area contributed by atoms with Crippen molar-refractivity contribution >= 4 is 0 Å². The van der Waals surface area contributed by atoms with Gasteiger partial charge in [-0.1, -0.05) is 0 Å². The number of ether oxygens (including phenoxy) is 1. The van der Waals surface area contributed by atoms with Crippen LogP contribution in [0, 0.1) is 5.82 Å². The molecule has 1 aliphatic heterocycles. The van der Waals surface area contributed by atoms with Crippen LogP contribution in [0.5, 0.6) is 11.5 Å². The first-order valence-electron chi connectivity index (χ1n) is 3.42. The molecule has 0 amide bonds. The Kier molecular flexibility index (Phi) is 1.24. The van der Waals surface area contributed by atoms with Gasteiger partial charge >= 0.3 is 0 Å². The molecule has 0 fully saturated rings. The molecule has 1 N–H and O–H groups in total. The number of hydrogen-bond donors (Lipinski definition) is 1. The first kappa shape index (κ1) is 6.46. The van der Waals surface area contributed by atoms with Gasteiger partial charge in [-0.3, -0.25) is 0 Å². The van der Waals surface area contributed by atoms with Gasteiger partial charge < -0.3 is 9.84 Å². The van der Waals surface area contributed by atoms with E-state index in [1.54, 1.807) is 0 Å². The van der Waals surface area contributed by atoms with Crippen LogP contribution in [0.3, 0.4) is 0 Å². The van der Waals surface area contributed by atoms with Gasteiger partial charge in [-0.15, -0.1) is 0 Å². The molecule has 11 heavy (non-hydrogen) atoms. The van der Waals surface area contributed by atoms with E-state index in [-0.39, 0.29) is 11.5 Å². The number of phenols is 1. The molecule has 0 saturated heterocycles. The van der Waals surface area contributed by atoms with Crippen LogP contribution in [0.25, 0.3) is 0 Å². The van der Waals surface area contributed by atoms with Crippen LogP contribution in [0.4, 0.5) is 4.39 Å². The van der Waals surface area contributed by atoms with Crippen LogP contribution in [0.1, 0.15) is 5.56 Å². The van der Waals surface area contributed by atoms with Crippen molar-refractivity contribution in [3.63, 3.8) is 0 Å². The van der Waals surface area contributed by atoms with Gasteiger partial charge in [0.15, 0.2) is 11.6 Å². The summed E-state index contributed by atoms with van der Waals surface area (Å²) in [5.74, 6) is -0.0563. The van der Waals surface area contributed by atoms with E-state index in [4.69, 9.17) is 4.74 Å². The number of fused-ring (bicyclic) bond motifs is 1. The molecule has 1 aliphatic rings. The second-order valence-electron chi connectivity index (χ2n) is 2.47. The van der Waals surface area contributed by atoms with Gasteiger partial charge in [0, 0.05) is 12.0 Å². The molecular weight excluding hydrogens is 147 g/mol. The largest absolute Gasteiger partial charge is 0.508 e. The molecule has 0 aromatic heterocycles. The maximum Gasteiger partial charge on any atom is 0.165 e. The van der Waals surface area contributed by atoms with E-state index in [0.717, 1.165) is 0 Å². The normalized spacial score (nSPS) is 14.3. The van der Waals surface area contributed by atoms with E-state index in [1.807, 2.05) is 0 Å². The summed E-state index contributed by atoms with van der Waals surface area (Å²) in [7, 11) is 0. The summed E-state index contributed by atoms with van der Waals surface area (Å²) in [6.45, 7) is 0.462. The van der Waals surface area contributed by atoms with E-state index in [9.17, 15) is 9.50 Å². The van der Waals surface area contributed by atoms with Gasteiger partial charge in [-0.05, 0) is 12.1 Å². The second-order valence-corrected chi connectivity index (χ2v) is 2.47. The first-order valence-corrected chi connectivity index (χ1v) is 3.42. The van der Waals surface area contributed by atoms with Gasteiger partial charge in [0.2, 0.25) is 0 Å². The molecule has 1 heterocycles. The van der Waals surface area contributed by atoms with Crippen molar-refractivity contribution in [2.75, 3.05) is 6.61 Å². The molecule has 0 radical (unpaired) electrons. The molecule has 1 aromatic carbocycles. The van der Waals surface area contributed by atoms with Gasteiger partial charge in [0.25, 0.3) is 0 Å². The Morgan fingerprint density at radius 1 is 1.45 bits per heavy atom. The Labute approximate surface area is 63.2 Å². The third-order valence-corrected chi connectivity index (χ3v) is 1.79. The van der Waals surface area contributed by atoms with Crippen LogP contribution < -0.4 is 4.74 Å². The quantitative estimate of drug-likeness (QED) is 0.613. The Morgan fingerprint density at radius 2 is 2.27 bits per heavy atom. The fraction of sp³-hybridized carbons (Fsp3) is 0.250. The minimum atomic E-state index is -0.393. The van der Waals surface area contributed by atoms with Crippen LogP contribution in [0.2, 0.25) is 0 Å². The lowest BCUT2D eigenvalue weighted by molar-refractivity contribution is 0.339. The monoisotopic (exact) mass is 154 g/mol. The highest BCUT2D eigenvalue weighted by Crippen LogP contribution is 2.34. The van der Waals surface area contributed by atoms with Crippen LogP contribution in [0.15, 0.2) is 12.1 Å². The molecule has 58 valence electrons. The fourth-order valence-electron chi connectivity index (χ4n) is 1.24. The van der Waals surface area contributed by atoms with E-state index in [1.165, 1.54) is 12.1 Å². The highest BCUT2D eigenvalue weighted by molar-refractivity contribution is 5.47. The number of aromatic hydroxyl groups is 1. The molecule has 0 spiro atoms. The van der Waals surface area contributed by atoms with Crippen LogP contribution in [-0.4, -0.2) is 11.7 Å². The van der Waals surface area contributed by atoms with Gasteiger partial charge in [0.05, 0.1) is 6.61 Å². The topological polar surface area (TPSA) is 29.5 Å². The summed E-state index contributed by atoms with van der Waals surface area (Å²) in [4.78, 5) is 0. The van der Waals surface area contributed by atoms with E-state index in [2.05, 4.69) is 0 Å². The molecule has 0 aliphatic carbocycles. The molecule has 0 unspecified atom stereocenters. The molecule has 3 heteroatoms. The number of phenolic OH excluding ortho intramolecular Hbond substituents is 1. The zero-order chi connectivity index (χ0) is 7.84. The summed E-state index contributed by atoms with van der Waals surface area (Å²) in [6, 6.07) is 2.56. The highest BCUT2D eigenvalue weighted by Gasteiger charge is 2.19. The molecule has 0 bridgehead atoms. The van der Waals surface area contributed by atoms with Gasteiger partial charge in [0.1, 0.15) is 5.75 Å². The number of halogens is 1. The molecule has 2 nitrogen and oxygen atoms in total. The average molecular weight is 154 g/mol. The number of rotatable bonds is 0. The fourth-order valence-corrected chi connectivity index (χ4v) is 1.24. The Hall–Kier alpha value is -1.25. The van der Waals surface area contributed by atoms with E-state index in [0.29, 0.717) is 18.6 Å². The van der Waals surface area contributed by atoms with Crippen molar-refractivity contribution in [3.8, 4) is 11.5 Å². The van der Waals surface area contributed by atoms with Crippen molar-refractivity contribution in [1.82, 2.24) is 0 Å². The Morgan fingerprint density at radius 3 is 3.00 bits per heavy atom. The number of hydrogen-bond acceptors (Lipinski definition) is 2. The molecule has 0 atom stereocenters. The zero-order valence-corrected chi connectivity index (χ0v) is 5.80. The minimum absolute atomic E-state index is 0.124. The lowest BCUT2D eigenvalue weighted by Crippen LogP contribution is -1.87. The number of benzene rings is 1.